The highest BCUT2D eigenvalue weighted by molar-refractivity contribution is 7.98. The first kappa shape index (κ1) is 24.3. The number of thioether (sulfide) groups is 1. The summed E-state index contributed by atoms with van der Waals surface area (Å²) in [5.41, 5.74) is 5.82. The fourth-order valence-electron chi connectivity index (χ4n) is 5.35. The summed E-state index contributed by atoms with van der Waals surface area (Å²) in [6, 6.07) is 10.8. The van der Waals surface area contributed by atoms with Crippen LogP contribution in [0.25, 0.3) is 33.4 Å². The molecule has 0 saturated carbocycles. The molecule has 6 rings (SSSR count). The number of pyridine rings is 3. The minimum Gasteiger partial charge on any atom is -0.377 e. The molecule has 0 bridgehead atoms. The number of ether oxygens (including phenoxy) is 2. The molecule has 0 radical (unpaired) electrons. The summed E-state index contributed by atoms with van der Waals surface area (Å²) in [6.07, 6.45) is 8.85. The molecule has 9 heteroatoms. The molecule has 4 aromatic heterocycles. The Bertz CT molecular complexity index is 1420. The van der Waals surface area contributed by atoms with E-state index in [4.69, 9.17) is 24.4 Å². The zero-order valence-electron chi connectivity index (χ0n) is 21.6. The van der Waals surface area contributed by atoms with Gasteiger partial charge in [-0.3, -0.25) is 4.98 Å². The highest BCUT2D eigenvalue weighted by Gasteiger charge is 2.25. The second kappa shape index (κ2) is 10.4. The van der Waals surface area contributed by atoms with Gasteiger partial charge in [-0.2, -0.15) is 5.10 Å². The van der Waals surface area contributed by atoms with Crippen molar-refractivity contribution in [1.29, 1.82) is 0 Å². The van der Waals surface area contributed by atoms with Gasteiger partial charge in [0.1, 0.15) is 17.0 Å². The number of aromatic nitrogens is 5. The van der Waals surface area contributed by atoms with Crippen molar-refractivity contribution >= 4 is 28.5 Å². The van der Waals surface area contributed by atoms with Gasteiger partial charge >= 0.3 is 0 Å². The van der Waals surface area contributed by atoms with Gasteiger partial charge in [0.15, 0.2) is 6.23 Å². The zero-order chi connectivity index (χ0) is 25.4. The molecule has 37 heavy (non-hydrogen) atoms. The number of hydrogen-bond acceptors (Lipinski definition) is 8. The number of anilines is 1. The van der Waals surface area contributed by atoms with E-state index in [1.165, 1.54) is 0 Å². The number of morpholine rings is 1. The van der Waals surface area contributed by atoms with Gasteiger partial charge in [0.05, 0.1) is 30.0 Å². The van der Waals surface area contributed by atoms with Crippen LogP contribution in [-0.4, -0.2) is 63.4 Å². The average Bonchev–Trinajstić information content (AvgIpc) is 3.43. The lowest BCUT2D eigenvalue weighted by atomic mass is 9.99. The largest absolute Gasteiger partial charge is 0.377 e. The maximum absolute atomic E-state index is 6.08. The molecule has 192 valence electrons. The Labute approximate surface area is 221 Å². The zero-order valence-corrected chi connectivity index (χ0v) is 22.4. The minimum atomic E-state index is -0.0803. The van der Waals surface area contributed by atoms with Crippen molar-refractivity contribution in [3.8, 4) is 22.5 Å². The van der Waals surface area contributed by atoms with E-state index in [2.05, 4.69) is 54.4 Å². The molecule has 4 aromatic rings. The van der Waals surface area contributed by atoms with Crippen LogP contribution in [0.1, 0.15) is 38.1 Å². The van der Waals surface area contributed by atoms with E-state index in [1.54, 1.807) is 11.8 Å². The maximum atomic E-state index is 6.08. The average molecular weight is 517 g/mol. The maximum Gasteiger partial charge on any atom is 0.150 e. The first-order chi connectivity index (χ1) is 18.1. The molecule has 2 atom stereocenters. The van der Waals surface area contributed by atoms with Crippen LogP contribution >= 0.6 is 11.8 Å². The Kier molecular flexibility index (Phi) is 6.84. The lowest BCUT2D eigenvalue weighted by Gasteiger charge is -2.34. The van der Waals surface area contributed by atoms with Crippen LogP contribution in [0.5, 0.6) is 0 Å². The third kappa shape index (κ3) is 4.60. The highest BCUT2D eigenvalue weighted by atomic mass is 32.2. The van der Waals surface area contributed by atoms with E-state index < -0.39 is 0 Å². The third-order valence-electron chi connectivity index (χ3n) is 7.28. The molecule has 0 spiro atoms. The number of nitrogens with zero attached hydrogens (tertiary/aromatic N) is 6. The van der Waals surface area contributed by atoms with E-state index in [0.29, 0.717) is 13.2 Å². The summed E-state index contributed by atoms with van der Waals surface area (Å²) in [5.74, 6) is 0.931. The van der Waals surface area contributed by atoms with Crippen LogP contribution in [-0.2, 0) is 9.47 Å². The third-order valence-corrected chi connectivity index (χ3v) is 7.92. The van der Waals surface area contributed by atoms with Gasteiger partial charge in [-0.25, -0.2) is 14.6 Å². The fourth-order valence-corrected chi connectivity index (χ4v) is 5.78. The Morgan fingerprint density at radius 3 is 2.73 bits per heavy atom. The summed E-state index contributed by atoms with van der Waals surface area (Å²) >= 11 is 1.66. The fraction of sp³-hybridized carbons (Fsp3) is 0.429. The smallest absolute Gasteiger partial charge is 0.150 e. The Morgan fingerprint density at radius 2 is 1.95 bits per heavy atom. The number of rotatable bonds is 5. The highest BCUT2D eigenvalue weighted by Crippen LogP contribution is 2.38. The number of hydrogen-bond donors (Lipinski definition) is 0. The minimum absolute atomic E-state index is 0.0803. The molecular formula is C28H32N6O2S. The normalized spacial score (nSPS) is 20.5. The van der Waals surface area contributed by atoms with Crippen molar-refractivity contribution in [1.82, 2.24) is 24.7 Å². The van der Waals surface area contributed by atoms with E-state index in [0.717, 1.165) is 82.4 Å². The first-order valence-corrected chi connectivity index (χ1v) is 14.2. The lowest BCUT2D eigenvalue weighted by molar-refractivity contribution is -0.0383. The van der Waals surface area contributed by atoms with E-state index in [-0.39, 0.29) is 12.3 Å². The summed E-state index contributed by atoms with van der Waals surface area (Å²) in [6.45, 7) is 7.19. The van der Waals surface area contributed by atoms with Crippen molar-refractivity contribution in [2.75, 3.05) is 37.5 Å². The number of fused-ring (bicyclic) bond motifs is 1. The monoisotopic (exact) mass is 516 g/mol. The molecule has 0 amide bonds. The Morgan fingerprint density at radius 1 is 1.03 bits per heavy atom. The summed E-state index contributed by atoms with van der Waals surface area (Å²) in [4.78, 5) is 17.3. The van der Waals surface area contributed by atoms with E-state index >= 15 is 0 Å². The van der Waals surface area contributed by atoms with Crippen molar-refractivity contribution in [3.63, 3.8) is 0 Å². The number of aryl methyl sites for hydroxylation is 1. The summed E-state index contributed by atoms with van der Waals surface area (Å²) < 4.78 is 13.8. The van der Waals surface area contributed by atoms with Gasteiger partial charge < -0.3 is 14.4 Å². The summed E-state index contributed by atoms with van der Waals surface area (Å²) in [5, 5.41) is 6.71. The molecule has 2 saturated heterocycles. The quantitative estimate of drug-likeness (QED) is 0.321. The van der Waals surface area contributed by atoms with Crippen molar-refractivity contribution < 1.29 is 9.47 Å². The van der Waals surface area contributed by atoms with E-state index in [1.807, 2.05) is 23.1 Å². The van der Waals surface area contributed by atoms with Gasteiger partial charge in [0.25, 0.3) is 0 Å². The Hall–Kier alpha value is -3.01. The van der Waals surface area contributed by atoms with Crippen LogP contribution in [0.15, 0.2) is 47.8 Å². The Balaban J connectivity index is 1.57. The standard InChI is InChI=1S/C28H32N6O2S/c1-18-17-35-15-13-33(18)24-16-22(20-7-8-25(37-3)31-19(20)2)21-9-11-29-28(27(21)32-24)23-10-12-30-34(23)26-6-4-5-14-36-26/h7-12,16,18,26H,4-6,13-15,17H2,1-3H3. The topological polar surface area (TPSA) is 78.2 Å². The van der Waals surface area contributed by atoms with Gasteiger partial charge in [-0.15, -0.1) is 11.8 Å². The van der Waals surface area contributed by atoms with Gasteiger partial charge in [0.2, 0.25) is 0 Å². The van der Waals surface area contributed by atoms with Crippen LogP contribution in [0.2, 0.25) is 0 Å². The predicted octanol–water partition coefficient (Wildman–Crippen LogP) is 5.51. The molecule has 6 heterocycles. The van der Waals surface area contributed by atoms with Crippen LogP contribution in [0.3, 0.4) is 0 Å². The first-order valence-electron chi connectivity index (χ1n) is 13.0. The van der Waals surface area contributed by atoms with Crippen LogP contribution < -0.4 is 4.90 Å². The van der Waals surface area contributed by atoms with Gasteiger partial charge in [0, 0.05) is 42.2 Å². The lowest BCUT2D eigenvalue weighted by Crippen LogP contribution is -2.44. The molecule has 2 fully saturated rings. The van der Waals surface area contributed by atoms with Crippen LogP contribution in [0, 0.1) is 6.92 Å². The molecular weight excluding hydrogens is 484 g/mol. The molecule has 0 aliphatic carbocycles. The second-order valence-corrected chi connectivity index (χ2v) is 10.5. The van der Waals surface area contributed by atoms with Gasteiger partial charge in [-0.05, 0) is 75.3 Å². The van der Waals surface area contributed by atoms with E-state index in [9.17, 15) is 0 Å². The SMILES string of the molecule is CSc1ccc(-c2cc(N3CCOCC3C)nc3c(-c4ccnn4C4CCCCO4)nccc23)c(C)n1. The van der Waals surface area contributed by atoms with Crippen molar-refractivity contribution in [2.45, 2.75) is 50.4 Å². The predicted molar refractivity (Wildman–Crippen MR) is 147 cm³/mol. The summed E-state index contributed by atoms with van der Waals surface area (Å²) in [7, 11) is 0. The van der Waals surface area contributed by atoms with Gasteiger partial charge in [-0.1, -0.05) is 0 Å². The van der Waals surface area contributed by atoms with Crippen LogP contribution in [0.4, 0.5) is 5.82 Å². The molecule has 0 N–H and O–H groups in total. The second-order valence-electron chi connectivity index (χ2n) is 9.67. The molecule has 2 unspecified atom stereocenters. The molecule has 8 nitrogen and oxygen atoms in total. The van der Waals surface area contributed by atoms with Crippen molar-refractivity contribution in [2.24, 2.45) is 0 Å². The van der Waals surface area contributed by atoms with Crippen molar-refractivity contribution in [3.05, 3.63) is 48.4 Å². The molecule has 2 aliphatic heterocycles. The molecule has 2 aliphatic rings. The molecule has 0 aromatic carbocycles.